The van der Waals surface area contributed by atoms with E-state index in [0.717, 1.165) is 35.0 Å². The number of para-hydroxylation sites is 1. The number of aromatic nitrogens is 1. The fourth-order valence-corrected chi connectivity index (χ4v) is 3.19. The first-order chi connectivity index (χ1) is 11.3. The number of pyridine rings is 1. The van der Waals surface area contributed by atoms with Crippen LogP contribution < -0.4 is 10.6 Å². The van der Waals surface area contributed by atoms with Crippen LogP contribution in [0.1, 0.15) is 22.3 Å². The lowest BCUT2D eigenvalue weighted by Crippen LogP contribution is -2.36. The van der Waals surface area contributed by atoms with Crippen molar-refractivity contribution in [2.45, 2.75) is 12.8 Å². The molecular formula is C19H17N3O. The number of nitrogen functional groups attached to an aromatic ring is 1. The van der Waals surface area contributed by atoms with Crippen molar-refractivity contribution in [3.63, 3.8) is 0 Å². The second-order valence-corrected chi connectivity index (χ2v) is 5.77. The van der Waals surface area contributed by atoms with Gasteiger partial charge >= 0.3 is 0 Å². The fourth-order valence-electron chi connectivity index (χ4n) is 3.19. The monoisotopic (exact) mass is 303 g/mol. The smallest absolute Gasteiger partial charge is 0.259 e. The number of benzene rings is 2. The number of nitrogens with zero attached hydrogens (tertiary/aromatic N) is 2. The van der Waals surface area contributed by atoms with Crippen LogP contribution in [0.25, 0.3) is 10.9 Å². The Morgan fingerprint density at radius 2 is 1.78 bits per heavy atom. The number of carbonyl (C=O) groups is 1. The van der Waals surface area contributed by atoms with Gasteiger partial charge in [0.15, 0.2) is 0 Å². The van der Waals surface area contributed by atoms with Crippen LogP contribution >= 0.6 is 0 Å². The molecule has 1 aliphatic heterocycles. The van der Waals surface area contributed by atoms with E-state index in [0.29, 0.717) is 17.9 Å². The average molecular weight is 303 g/mol. The molecule has 2 aromatic carbocycles. The number of rotatable bonds is 1. The molecule has 2 heterocycles. The van der Waals surface area contributed by atoms with Gasteiger partial charge in [-0.1, -0.05) is 36.4 Å². The SMILES string of the molecule is Nc1c2c(nc3ccccc13)N(C(=O)c1ccccc1)CCC2. The van der Waals surface area contributed by atoms with E-state index < -0.39 is 0 Å². The number of hydrogen-bond acceptors (Lipinski definition) is 3. The van der Waals surface area contributed by atoms with Gasteiger partial charge in [-0.3, -0.25) is 9.69 Å². The molecule has 4 heteroatoms. The highest BCUT2D eigenvalue weighted by Crippen LogP contribution is 2.35. The van der Waals surface area contributed by atoms with Crippen molar-refractivity contribution in [2.24, 2.45) is 0 Å². The average Bonchev–Trinajstić information content (AvgIpc) is 2.62. The Labute approximate surface area is 134 Å². The van der Waals surface area contributed by atoms with Crippen LogP contribution in [-0.2, 0) is 6.42 Å². The molecule has 23 heavy (non-hydrogen) atoms. The van der Waals surface area contributed by atoms with Gasteiger partial charge < -0.3 is 5.73 Å². The Hall–Kier alpha value is -2.88. The van der Waals surface area contributed by atoms with E-state index in [1.165, 1.54) is 0 Å². The lowest BCUT2D eigenvalue weighted by Gasteiger charge is -2.29. The first-order valence-electron chi connectivity index (χ1n) is 7.80. The molecule has 3 aromatic rings. The number of anilines is 2. The summed E-state index contributed by atoms with van der Waals surface area (Å²) in [5, 5.41) is 0.959. The van der Waals surface area contributed by atoms with E-state index >= 15 is 0 Å². The van der Waals surface area contributed by atoms with E-state index in [2.05, 4.69) is 0 Å². The maximum Gasteiger partial charge on any atom is 0.259 e. The molecule has 4 rings (SSSR count). The minimum Gasteiger partial charge on any atom is -0.398 e. The molecule has 0 saturated carbocycles. The topological polar surface area (TPSA) is 59.2 Å². The Morgan fingerprint density at radius 3 is 2.61 bits per heavy atom. The summed E-state index contributed by atoms with van der Waals surface area (Å²) in [7, 11) is 0. The van der Waals surface area contributed by atoms with E-state index in [1.54, 1.807) is 4.90 Å². The van der Waals surface area contributed by atoms with Crippen molar-refractivity contribution in [1.82, 2.24) is 4.98 Å². The molecule has 1 aliphatic rings. The Kier molecular flexibility index (Phi) is 3.23. The first kappa shape index (κ1) is 13.8. The highest BCUT2D eigenvalue weighted by molar-refractivity contribution is 6.08. The van der Waals surface area contributed by atoms with Gasteiger partial charge in [0.05, 0.1) is 5.52 Å². The van der Waals surface area contributed by atoms with Gasteiger partial charge in [0.2, 0.25) is 0 Å². The molecule has 0 saturated heterocycles. The summed E-state index contributed by atoms with van der Waals surface area (Å²) in [6.07, 6.45) is 1.76. The molecule has 0 unspecified atom stereocenters. The molecule has 0 aliphatic carbocycles. The van der Waals surface area contributed by atoms with Gasteiger partial charge in [0.1, 0.15) is 5.82 Å². The van der Waals surface area contributed by atoms with Gasteiger partial charge in [0, 0.05) is 28.7 Å². The van der Waals surface area contributed by atoms with Crippen LogP contribution in [0.4, 0.5) is 11.5 Å². The van der Waals surface area contributed by atoms with Gasteiger partial charge in [0.25, 0.3) is 5.91 Å². The predicted molar refractivity (Wildman–Crippen MR) is 92.6 cm³/mol. The highest BCUT2D eigenvalue weighted by Gasteiger charge is 2.27. The Morgan fingerprint density at radius 1 is 1.04 bits per heavy atom. The van der Waals surface area contributed by atoms with Gasteiger partial charge in [-0.05, 0) is 31.0 Å². The molecule has 2 N–H and O–H groups in total. The second kappa shape index (κ2) is 5.39. The quantitative estimate of drug-likeness (QED) is 0.749. The summed E-state index contributed by atoms with van der Waals surface area (Å²) >= 11 is 0. The number of amides is 1. The standard InChI is InChI=1S/C19H17N3O/c20-17-14-9-4-5-11-16(14)21-18-15(17)10-6-12-22(18)19(23)13-7-2-1-3-8-13/h1-5,7-9,11H,6,10,12H2,(H2,20,21). The van der Waals surface area contributed by atoms with E-state index in [1.807, 2.05) is 54.6 Å². The molecule has 0 radical (unpaired) electrons. The molecule has 4 nitrogen and oxygen atoms in total. The van der Waals surface area contributed by atoms with E-state index in [4.69, 9.17) is 10.7 Å². The molecular weight excluding hydrogens is 286 g/mol. The highest BCUT2D eigenvalue weighted by atomic mass is 16.2. The molecule has 1 aromatic heterocycles. The molecule has 1 amide bonds. The third kappa shape index (κ3) is 2.23. The minimum absolute atomic E-state index is 0.0197. The molecule has 0 bridgehead atoms. The van der Waals surface area contributed by atoms with E-state index in [9.17, 15) is 4.79 Å². The summed E-state index contributed by atoms with van der Waals surface area (Å²) in [5.41, 5.74) is 9.60. The van der Waals surface area contributed by atoms with Gasteiger partial charge in [-0.25, -0.2) is 4.98 Å². The van der Waals surface area contributed by atoms with Crippen molar-refractivity contribution in [1.29, 1.82) is 0 Å². The summed E-state index contributed by atoms with van der Waals surface area (Å²) in [4.78, 5) is 19.3. The number of carbonyl (C=O) groups excluding carboxylic acids is 1. The van der Waals surface area contributed by atoms with Crippen molar-refractivity contribution >= 4 is 28.3 Å². The van der Waals surface area contributed by atoms with Crippen molar-refractivity contribution in [3.05, 3.63) is 65.7 Å². The predicted octanol–water partition coefficient (Wildman–Crippen LogP) is 3.41. The summed E-state index contributed by atoms with van der Waals surface area (Å²) < 4.78 is 0. The fraction of sp³-hybridized carbons (Fsp3) is 0.158. The third-order valence-electron chi connectivity index (χ3n) is 4.35. The molecule has 0 atom stereocenters. The Bertz CT molecular complexity index is 890. The molecule has 114 valence electrons. The van der Waals surface area contributed by atoms with Crippen molar-refractivity contribution < 1.29 is 4.79 Å². The Balaban J connectivity index is 1.87. The third-order valence-corrected chi connectivity index (χ3v) is 4.35. The van der Waals surface area contributed by atoms with E-state index in [-0.39, 0.29) is 5.91 Å². The zero-order chi connectivity index (χ0) is 15.8. The van der Waals surface area contributed by atoms with Crippen LogP contribution in [0.3, 0.4) is 0 Å². The second-order valence-electron chi connectivity index (χ2n) is 5.77. The number of nitrogens with two attached hydrogens (primary N) is 1. The summed E-state index contributed by atoms with van der Waals surface area (Å²) in [6.45, 7) is 0.672. The van der Waals surface area contributed by atoms with Crippen LogP contribution in [-0.4, -0.2) is 17.4 Å². The number of hydrogen-bond donors (Lipinski definition) is 1. The van der Waals surface area contributed by atoms with Gasteiger partial charge in [-0.2, -0.15) is 0 Å². The lowest BCUT2D eigenvalue weighted by molar-refractivity contribution is 0.0984. The molecule has 0 fully saturated rings. The summed E-state index contributed by atoms with van der Waals surface area (Å²) in [5.74, 6) is 0.690. The van der Waals surface area contributed by atoms with Gasteiger partial charge in [-0.15, -0.1) is 0 Å². The van der Waals surface area contributed by atoms with Crippen LogP contribution in [0.5, 0.6) is 0 Å². The van der Waals surface area contributed by atoms with Crippen LogP contribution in [0, 0.1) is 0 Å². The first-order valence-corrected chi connectivity index (χ1v) is 7.80. The van der Waals surface area contributed by atoms with Crippen molar-refractivity contribution in [2.75, 3.05) is 17.2 Å². The lowest BCUT2D eigenvalue weighted by atomic mass is 10.00. The zero-order valence-electron chi connectivity index (χ0n) is 12.7. The molecule has 0 spiro atoms. The van der Waals surface area contributed by atoms with Crippen LogP contribution in [0.2, 0.25) is 0 Å². The van der Waals surface area contributed by atoms with Crippen molar-refractivity contribution in [3.8, 4) is 0 Å². The normalized spacial score (nSPS) is 13.8. The summed E-state index contributed by atoms with van der Waals surface area (Å²) in [6, 6.07) is 17.1. The maximum absolute atomic E-state index is 12.9. The number of fused-ring (bicyclic) bond motifs is 2. The zero-order valence-corrected chi connectivity index (χ0v) is 12.7. The largest absolute Gasteiger partial charge is 0.398 e. The maximum atomic E-state index is 12.9. The van der Waals surface area contributed by atoms with Crippen LogP contribution in [0.15, 0.2) is 54.6 Å². The minimum atomic E-state index is -0.0197.